The summed E-state index contributed by atoms with van der Waals surface area (Å²) < 4.78 is 6.33. The number of nitrogens with two attached hydrogens (primary N) is 1. The lowest BCUT2D eigenvalue weighted by atomic mass is 10.1. The van der Waals surface area contributed by atoms with Crippen LogP contribution >= 0.6 is 11.3 Å². The van der Waals surface area contributed by atoms with Gasteiger partial charge in [-0.1, -0.05) is 0 Å². The zero-order valence-electron chi connectivity index (χ0n) is 15.6. The lowest BCUT2D eigenvalue weighted by molar-refractivity contribution is -0.385. The molecule has 3 N–H and O–H groups in total. The van der Waals surface area contributed by atoms with Gasteiger partial charge in [-0.05, 0) is 33.3 Å². The van der Waals surface area contributed by atoms with Gasteiger partial charge in [0.2, 0.25) is 5.91 Å². The van der Waals surface area contributed by atoms with Gasteiger partial charge in [-0.2, -0.15) is 5.10 Å². The molecule has 0 atom stereocenters. The highest BCUT2D eigenvalue weighted by atomic mass is 32.1. The van der Waals surface area contributed by atoms with Crippen molar-refractivity contribution in [2.75, 3.05) is 5.32 Å². The summed E-state index contributed by atoms with van der Waals surface area (Å²) >= 11 is 0.858. The van der Waals surface area contributed by atoms with Crippen LogP contribution in [-0.2, 0) is 16.1 Å². The number of carbonyl (C=O) groups excluding carboxylic acids is 3. The molecule has 0 spiro atoms. The van der Waals surface area contributed by atoms with Crippen LogP contribution in [-0.4, -0.2) is 38.6 Å². The number of hydrogen-bond acceptors (Lipinski definition) is 8. The number of nitrogens with one attached hydrogen (secondary N) is 1. The Bertz CT molecular complexity index is 961. The van der Waals surface area contributed by atoms with Gasteiger partial charge in [0.15, 0.2) is 0 Å². The fraction of sp³-hybridized carbons (Fsp3) is 0.375. The SMILES string of the molecule is Cc1c(C(N)=O)sc(NC(=O)Cn2ncc([N+](=O)[O-])c2C)c1C(=O)OC(C)C. The van der Waals surface area contributed by atoms with Gasteiger partial charge in [-0.15, -0.1) is 11.3 Å². The van der Waals surface area contributed by atoms with E-state index in [0.29, 0.717) is 5.56 Å². The van der Waals surface area contributed by atoms with E-state index in [2.05, 4.69) is 10.4 Å². The third kappa shape index (κ3) is 4.34. The fourth-order valence-corrected chi connectivity index (χ4v) is 3.50. The standard InChI is InChI=1S/C16H19N5O6S/c1-7(2)27-16(24)12-8(3)13(14(17)23)28-15(12)19-11(22)6-20-9(4)10(5-18-20)21(25)26/h5,7H,6H2,1-4H3,(H2,17,23)(H,19,22). The maximum atomic E-state index is 12.4. The van der Waals surface area contributed by atoms with Gasteiger partial charge in [0.25, 0.3) is 5.91 Å². The summed E-state index contributed by atoms with van der Waals surface area (Å²) in [7, 11) is 0. The predicted molar refractivity (Wildman–Crippen MR) is 100 cm³/mol. The number of rotatable bonds is 7. The van der Waals surface area contributed by atoms with E-state index in [1.165, 1.54) is 13.8 Å². The van der Waals surface area contributed by atoms with Crippen molar-refractivity contribution in [3.05, 3.63) is 38.0 Å². The maximum absolute atomic E-state index is 12.4. The number of thiophene rings is 1. The Morgan fingerprint density at radius 1 is 1.39 bits per heavy atom. The molecule has 0 aromatic carbocycles. The summed E-state index contributed by atoms with van der Waals surface area (Å²) in [6, 6.07) is 0. The first-order valence-electron chi connectivity index (χ1n) is 8.13. The second-order valence-electron chi connectivity index (χ2n) is 6.16. The molecule has 0 radical (unpaired) electrons. The van der Waals surface area contributed by atoms with E-state index in [1.54, 1.807) is 13.8 Å². The van der Waals surface area contributed by atoms with Gasteiger partial charge in [-0.3, -0.25) is 24.4 Å². The van der Waals surface area contributed by atoms with Crippen LogP contribution in [0.3, 0.4) is 0 Å². The first kappa shape index (κ1) is 21.0. The molecule has 0 aliphatic rings. The summed E-state index contributed by atoms with van der Waals surface area (Å²) in [4.78, 5) is 46.8. The van der Waals surface area contributed by atoms with Crippen molar-refractivity contribution in [3.8, 4) is 0 Å². The number of primary amides is 1. The molecule has 12 heteroatoms. The second-order valence-corrected chi connectivity index (χ2v) is 7.18. The van der Waals surface area contributed by atoms with Crippen LogP contribution in [0.25, 0.3) is 0 Å². The Kier molecular flexibility index (Phi) is 6.13. The summed E-state index contributed by atoms with van der Waals surface area (Å²) in [5.41, 5.74) is 5.68. The Balaban J connectivity index is 2.30. The second kappa shape index (κ2) is 8.17. The lowest BCUT2D eigenvalue weighted by Crippen LogP contribution is -2.21. The van der Waals surface area contributed by atoms with E-state index < -0.39 is 28.8 Å². The fourth-order valence-electron chi connectivity index (χ4n) is 2.43. The molecule has 0 fully saturated rings. The number of nitrogens with zero attached hydrogens (tertiary/aromatic N) is 3. The van der Waals surface area contributed by atoms with Crippen molar-refractivity contribution >= 4 is 39.8 Å². The van der Waals surface area contributed by atoms with E-state index in [1.807, 2.05) is 0 Å². The largest absolute Gasteiger partial charge is 0.459 e. The minimum absolute atomic E-state index is 0.0454. The van der Waals surface area contributed by atoms with Gasteiger partial charge in [0.05, 0.1) is 21.5 Å². The third-order valence-corrected chi connectivity index (χ3v) is 4.96. The summed E-state index contributed by atoms with van der Waals surface area (Å²) in [6.45, 7) is 6.01. The van der Waals surface area contributed by atoms with Crippen LogP contribution in [0.4, 0.5) is 10.7 Å². The molecule has 0 bridgehead atoms. The Hall–Kier alpha value is -3.28. The lowest BCUT2D eigenvalue weighted by Gasteiger charge is -2.10. The molecule has 2 rings (SSSR count). The quantitative estimate of drug-likeness (QED) is 0.400. The number of anilines is 1. The van der Waals surface area contributed by atoms with Crippen LogP contribution in [0.5, 0.6) is 0 Å². The molecule has 2 aromatic rings. The number of amides is 2. The zero-order chi connectivity index (χ0) is 21.2. The molecule has 2 amide bonds. The van der Waals surface area contributed by atoms with E-state index in [-0.39, 0.29) is 33.4 Å². The summed E-state index contributed by atoms with van der Waals surface area (Å²) in [5.74, 6) is -2.02. The highest BCUT2D eigenvalue weighted by Crippen LogP contribution is 2.33. The first-order chi connectivity index (χ1) is 13.0. The molecule has 0 saturated carbocycles. The van der Waals surface area contributed by atoms with Gasteiger partial charge in [0, 0.05) is 0 Å². The third-order valence-electron chi connectivity index (χ3n) is 3.74. The van der Waals surface area contributed by atoms with Crippen LogP contribution in [0.1, 0.15) is 45.1 Å². The molecule has 28 heavy (non-hydrogen) atoms. The molecule has 2 heterocycles. The molecular formula is C16H19N5O6S. The number of hydrogen-bond donors (Lipinski definition) is 2. The van der Waals surface area contributed by atoms with Crippen molar-refractivity contribution in [2.24, 2.45) is 5.73 Å². The highest BCUT2D eigenvalue weighted by Gasteiger charge is 2.27. The maximum Gasteiger partial charge on any atom is 0.341 e. The van der Waals surface area contributed by atoms with Crippen molar-refractivity contribution in [3.63, 3.8) is 0 Å². The molecule has 0 aliphatic heterocycles. The summed E-state index contributed by atoms with van der Waals surface area (Å²) in [6.07, 6.45) is 0.647. The zero-order valence-corrected chi connectivity index (χ0v) is 16.5. The minimum atomic E-state index is -0.736. The summed E-state index contributed by atoms with van der Waals surface area (Å²) in [5, 5.41) is 17.3. The molecule has 0 aliphatic carbocycles. The van der Waals surface area contributed by atoms with E-state index in [4.69, 9.17) is 10.5 Å². The van der Waals surface area contributed by atoms with Gasteiger partial charge >= 0.3 is 11.7 Å². The van der Waals surface area contributed by atoms with Crippen molar-refractivity contribution < 1.29 is 24.0 Å². The van der Waals surface area contributed by atoms with Crippen LogP contribution in [0.15, 0.2) is 6.20 Å². The Morgan fingerprint density at radius 2 is 2.04 bits per heavy atom. The van der Waals surface area contributed by atoms with Crippen molar-refractivity contribution in [2.45, 2.75) is 40.3 Å². The minimum Gasteiger partial charge on any atom is -0.459 e. The van der Waals surface area contributed by atoms with E-state index >= 15 is 0 Å². The average molecular weight is 409 g/mol. The first-order valence-corrected chi connectivity index (χ1v) is 8.95. The van der Waals surface area contributed by atoms with Gasteiger partial charge in [-0.25, -0.2) is 4.79 Å². The molecule has 150 valence electrons. The number of carbonyl (C=O) groups is 3. The van der Waals surface area contributed by atoms with E-state index in [9.17, 15) is 24.5 Å². The number of esters is 1. The molecular weight excluding hydrogens is 390 g/mol. The molecule has 0 saturated heterocycles. The molecule has 11 nitrogen and oxygen atoms in total. The monoisotopic (exact) mass is 409 g/mol. The number of ether oxygens (including phenoxy) is 1. The van der Waals surface area contributed by atoms with Crippen molar-refractivity contribution in [1.82, 2.24) is 9.78 Å². The van der Waals surface area contributed by atoms with Crippen LogP contribution in [0, 0.1) is 24.0 Å². The Labute approximate surface area is 163 Å². The average Bonchev–Trinajstić information content (AvgIpc) is 3.07. The van der Waals surface area contributed by atoms with Crippen LogP contribution < -0.4 is 11.1 Å². The smallest absolute Gasteiger partial charge is 0.341 e. The predicted octanol–water partition coefficient (Wildman–Crippen LogP) is 1.77. The van der Waals surface area contributed by atoms with Gasteiger partial charge in [0.1, 0.15) is 23.4 Å². The number of nitro groups is 1. The van der Waals surface area contributed by atoms with E-state index in [0.717, 1.165) is 22.2 Å². The Morgan fingerprint density at radius 3 is 2.54 bits per heavy atom. The van der Waals surface area contributed by atoms with Crippen LogP contribution in [0.2, 0.25) is 0 Å². The highest BCUT2D eigenvalue weighted by molar-refractivity contribution is 7.18. The molecule has 0 unspecified atom stereocenters. The number of aromatic nitrogens is 2. The van der Waals surface area contributed by atoms with Crippen molar-refractivity contribution in [1.29, 1.82) is 0 Å². The normalized spacial score (nSPS) is 10.8. The molecule has 2 aromatic heterocycles. The topological polar surface area (TPSA) is 159 Å². The van der Waals surface area contributed by atoms with Gasteiger partial charge < -0.3 is 15.8 Å².